The minimum Gasteiger partial charge on any atom is -0.491 e. The molecule has 2 aliphatic heterocycles. The van der Waals surface area contributed by atoms with Gasteiger partial charge in [-0.25, -0.2) is 0 Å². The van der Waals surface area contributed by atoms with Crippen molar-refractivity contribution in [1.29, 1.82) is 5.41 Å². The molecule has 0 fully saturated rings. The number of hydrogen-bond donors (Lipinski definition) is 1. The minimum absolute atomic E-state index is 0.136. The van der Waals surface area contributed by atoms with Crippen LogP contribution in [0.4, 0.5) is 13.2 Å². The quantitative estimate of drug-likeness (QED) is 0.352. The normalized spacial score (nSPS) is 17.6. The van der Waals surface area contributed by atoms with Gasteiger partial charge in [0.1, 0.15) is 12.4 Å². The number of hydrogen-bond acceptors (Lipinski definition) is 5. The van der Waals surface area contributed by atoms with E-state index in [0.29, 0.717) is 24.6 Å². The van der Waals surface area contributed by atoms with E-state index in [4.69, 9.17) is 10.1 Å². The van der Waals surface area contributed by atoms with Crippen molar-refractivity contribution in [2.75, 3.05) is 6.61 Å². The zero-order chi connectivity index (χ0) is 27.0. The number of aromatic nitrogens is 1. The monoisotopic (exact) mass is 539 g/mol. The van der Waals surface area contributed by atoms with Gasteiger partial charge < -0.3 is 9.30 Å². The number of carbonyl (C=O) groups excluding carboxylic acids is 1. The molecule has 5 rings (SSSR count). The SMILES string of the molecule is CC[C@H](C)c1ccccc1OCCn1cc(/C=C2\C(=N)N3N=C(C(F)(F)F)SC3=NC2=O)c2ccccc21. The number of thioether (sulfide) groups is 1. The van der Waals surface area contributed by atoms with Crippen LogP contribution in [-0.2, 0) is 11.3 Å². The highest BCUT2D eigenvalue weighted by Crippen LogP contribution is 2.36. The van der Waals surface area contributed by atoms with Crippen molar-refractivity contribution in [1.82, 2.24) is 9.58 Å². The second kappa shape index (κ2) is 10.1. The van der Waals surface area contributed by atoms with Crippen molar-refractivity contribution >= 4 is 50.7 Å². The first kappa shape index (κ1) is 25.8. The zero-order valence-electron chi connectivity index (χ0n) is 20.6. The Labute approximate surface area is 221 Å². The number of alkyl halides is 3. The first-order chi connectivity index (χ1) is 18.2. The average Bonchev–Trinajstić information content (AvgIpc) is 3.48. The molecule has 0 spiro atoms. The molecule has 2 aliphatic rings. The number of amidine groups is 2. The Morgan fingerprint density at radius 1 is 1.16 bits per heavy atom. The number of rotatable bonds is 7. The van der Waals surface area contributed by atoms with Gasteiger partial charge in [-0.3, -0.25) is 10.2 Å². The molecule has 38 heavy (non-hydrogen) atoms. The van der Waals surface area contributed by atoms with Crippen molar-refractivity contribution in [3.8, 4) is 5.75 Å². The van der Waals surface area contributed by atoms with E-state index in [9.17, 15) is 18.0 Å². The summed E-state index contributed by atoms with van der Waals surface area (Å²) in [6, 6.07) is 15.6. The van der Waals surface area contributed by atoms with E-state index < -0.39 is 23.0 Å². The molecule has 196 valence electrons. The summed E-state index contributed by atoms with van der Waals surface area (Å²) < 4.78 is 47.5. The molecule has 7 nitrogen and oxygen atoms in total. The molecule has 1 amide bonds. The van der Waals surface area contributed by atoms with E-state index in [1.54, 1.807) is 0 Å². The Morgan fingerprint density at radius 2 is 1.89 bits per heavy atom. The maximum Gasteiger partial charge on any atom is 0.441 e. The van der Waals surface area contributed by atoms with Gasteiger partial charge in [0.25, 0.3) is 5.91 Å². The van der Waals surface area contributed by atoms with Crippen LogP contribution >= 0.6 is 11.8 Å². The first-order valence-corrected chi connectivity index (χ1v) is 12.9. The van der Waals surface area contributed by atoms with Gasteiger partial charge in [0, 0.05) is 22.7 Å². The van der Waals surface area contributed by atoms with Gasteiger partial charge in [0.2, 0.25) is 10.2 Å². The fourth-order valence-electron chi connectivity index (χ4n) is 4.33. The molecule has 3 heterocycles. The summed E-state index contributed by atoms with van der Waals surface area (Å²) in [5, 5.41) is 12.0. The van der Waals surface area contributed by atoms with Crippen molar-refractivity contribution in [2.24, 2.45) is 10.1 Å². The van der Waals surface area contributed by atoms with E-state index in [-0.39, 0.29) is 22.5 Å². The lowest BCUT2D eigenvalue weighted by molar-refractivity contribution is -0.114. The number of amides is 1. The standard InChI is InChI=1S/C27H24F3N5O2S/c1-3-16(2)18-8-5-7-11-22(18)37-13-12-34-15-17(19-9-4-6-10-21(19)34)14-20-23(31)35-26(32-24(20)36)38-25(33-35)27(28,29)30/h4-11,14-16,31H,3,12-13H2,1-2H3/b20-14+,31-23?/t16-/m0/s1. The van der Waals surface area contributed by atoms with Crippen LogP contribution in [0.5, 0.6) is 5.75 Å². The van der Waals surface area contributed by atoms with Crippen molar-refractivity contribution in [3.05, 3.63) is 71.4 Å². The smallest absolute Gasteiger partial charge is 0.441 e. The molecular weight excluding hydrogens is 515 g/mol. The molecule has 3 aromatic rings. The molecule has 0 bridgehead atoms. The van der Waals surface area contributed by atoms with Crippen LogP contribution in [0.3, 0.4) is 0 Å². The number of ether oxygens (including phenoxy) is 1. The number of aliphatic imine (C=N–C) groups is 1. The number of carbonyl (C=O) groups is 1. The maximum absolute atomic E-state index is 13.1. The molecule has 0 aliphatic carbocycles. The van der Waals surface area contributed by atoms with Gasteiger partial charge in [-0.05, 0) is 47.9 Å². The van der Waals surface area contributed by atoms with Gasteiger partial charge in [0.15, 0.2) is 5.84 Å². The Hall–Kier alpha value is -3.86. The van der Waals surface area contributed by atoms with Crippen molar-refractivity contribution in [2.45, 2.75) is 38.9 Å². The largest absolute Gasteiger partial charge is 0.491 e. The predicted octanol–water partition coefficient (Wildman–Crippen LogP) is 6.42. The number of benzene rings is 2. The Balaban J connectivity index is 1.41. The average molecular weight is 540 g/mol. The summed E-state index contributed by atoms with van der Waals surface area (Å²) >= 11 is 0.229. The highest BCUT2D eigenvalue weighted by Gasteiger charge is 2.46. The molecule has 0 unspecified atom stereocenters. The summed E-state index contributed by atoms with van der Waals surface area (Å²) in [5.74, 6) is -0.0190. The summed E-state index contributed by atoms with van der Waals surface area (Å²) in [4.78, 5) is 16.4. The van der Waals surface area contributed by atoms with Gasteiger partial charge in [-0.1, -0.05) is 50.2 Å². The number of nitrogens with zero attached hydrogens (tertiary/aromatic N) is 4. The molecular formula is C27H24F3N5O2S. The topological polar surface area (TPSA) is 83.0 Å². The van der Waals surface area contributed by atoms with Gasteiger partial charge in [-0.15, -0.1) is 0 Å². The predicted molar refractivity (Wildman–Crippen MR) is 144 cm³/mol. The lowest BCUT2D eigenvalue weighted by atomic mass is 9.98. The lowest BCUT2D eigenvalue weighted by Crippen LogP contribution is -2.35. The minimum atomic E-state index is -4.69. The first-order valence-electron chi connectivity index (χ1n) is 12.0. The zero-order valence-corrected chi connectivity index (χ0v) is 21.4. The Kier molecular flexibility index (Phi) is 6.87. The number of hydrazone groups is 1. The van der Waals surface area contributed by atoms with Crippen molar-refractivity contribution in [3.63, 3.8) is 0 Å². The van der Waals surface area contributed by atoms with Crippen LogP contribution in [0.15, 0.2) is 70.4 Å². The highest BCUT2D eigenvalue weighted by molar-refractivity contribution is 8.27. The molecule has 0 radical (unpaired) electrons. The Bertz CT molecular complexity index is 1520. The third-order valence-electron chi connectivity index (χ3n) is 6.47. The van der Waals surface area contributed by atoms with Crippen LogP contribution in [0.25, 0.3) is 17.0 Å². The highest BCUT2D eigenvalue weighted by atomic mass is 32.2. The van der Waals surface area contributed by atoms with Crippen LogP contribution in [0.2, 0.25) is 0 Å². The fraction of sp³-hybridized carbons (Fsp3) is 0.259. The second-order valence-corrected chi connectivity index (χ2v) is 9.87. The number of para-hydroxylation sites is 2. The third kappa shape index (κ3) is 4.85. The van der Waals surface area contributed by atoms with E-state index in [1.807, 2.05) is 53.2 Å². The molecule has 1 N–H and O–H groups in total. The number of halogens is 3. The lowest BCUT2D eigenvalue weighted by Gasteiger charge is -2.20. The van der Waals surface area contributed by atoms with Gasteiger partial charge >= 0.3 is 6.18 Å². The van der Waals surface area contributed by atoms with Crippen molar-refractivity contribution < 1.29 is 22.7 Å². The van der Waals surface area contributed by atoms with Crippen LogP contribution in [0.1, 0.15) is 37.3 Å². The summed E-state index contributed by atoms with van der Waals surface area (Å²) in [5.41, 5.74) is 2.55. The van der Waals surface area contributed by atoms with E-state index in [2.05, 4.69) is 30.0 Å². The van der Waals surface area contributed by atoms with E-state index >= 15 is 0 Å². The molecule has 11 heteroatoms. The van der Waals surface area contributed by atoms with Gasteiger partial charge in [0.05, 0.1) is 12.1 Å². The molecule has 0 saturated carbocycles. The van der Waals surface area contributed by atoms with E-state index in [1.165, 1.54) is 6.08 Å². The molecule has 2 aromatic carbocycles. The van der Waals surface area contributed by atoms with Crippen LogP contribution in [-0.4, -0.2) is 44.3 Å². The molecule has 1 atom stereocenters. The van der Waals surface area contributed by atoms with Crippen LogP contribution in [0, 0.1) is 5.41 Å². The third-order valence-corrected chi connectivity index (χ3v) is 7.42. The van der Waals surface area contributed by atoms with Crippen LogP contribution < -0.4 is 4.74 Å². The van der Waals surface area contributed by atoms with Gasteiger partial charge in [-0.2, -0.15) is 28.3 Å². The molecule has 0 saturated heterocycles. The van der Waals surface area contributed by atoms with E-state index in [0.717, 1.165) is 33.6 Å². The fourth-order valence-corrected chi connectivity index (χ4v) is 5.09. The summed E-state index contributed by atoms with van der Waals surface area (Å²) in [6.07, 6.45) is -0.375. The summed E-state index contributed by atoms with van der Waals surface area (Å²) in [7, 11) is 0. The Morgan fingerprint density at radius 3 is 2.66 bits per heavy atom. The maximum atomic E-state index is 13.1. The second-order valence-electron chi connectivity index (χ2n) is 8.91. The number of fused-ring (bicyclic) bond motifs is 2. The number of nitrogens with one attached hydrogen (secondary N) is 1. The molecule has 1 aromatic heterocycles. The summed E-state index contributed by atoms with van der Waals surface area (Å²) in [6.45, 7) is 5.23.